The number of ether oxygens (including phenoxy) is 3. The van der Waals surface area contributed by atoms with E-state index in [1.165, 1.54) is 7.11 Å². The Bertz CT molecular complexity index is 1140. The molecular formula is C23H17NO5. The lowest BCUT2D eigenvalue weighted by Crippen LogP contribution is -2.11. The van der Waals surface area contributed by atoms with Gasteiger partial charge in [-0.05, 0) is 48.9 Å². The second-order valence-electron chi connectivity index (χ2n) is 6.38. The van der Waals surface area contributed by atoms with Gasteiger partial charge in [0.05, 0.1) is 12.7 Å². The fourth-order valence-electron chi connectivity index (χ4n) is 3.06. The molecule has 0 spiro atoms. The van der Waals surface area contributed by atoms with Crippen molar-refractivity contribution in [2.45, 2.75) is 6.92 Å². The lowest BCUT2D eigenvalue weighted by molar-refractivity contribution is 0.0729. The molecule has 6 heteroatoms. The molecule has 1 aliphatic rings. The summed E-state index contributed by atoms with van der Waals surface area (Å²) in [6, 6.07) is 13.6. The Labute approximate surface area is 167 Å². The molecule has 29 heavy (non-hydrogen) atoms. The summed E-state index contributed by atoms with van der Waals surface area (Å²) >= 11 is 0. The summed E-state index contributed by atoms with van der Waals surface area (Å²) in [4.78, 5) is 29.3. The molecule has 3 aromatic rings. The van der Waals surface area contributed by atoms with E-state index in [1.54, 1.807) is 67.9 Å². The molecular weight excluding hydrogens is 370 g/mol. The number of esters is 1. The maximum absolute atomic E-state index is 12.7. The summed E-state index contributed by atoms with van der Waals surface area (Å²) < 4.78 is 16.6. The minimum atomic E-state index is -0.555. The summed E-state index contributed by atoms with van der Waals surface area (Å²) in [6.45, 7) is 1.74. The van der Waals surface area contributed by atoms with E-state index in [1.807, 2.05) is 6.07 Å². The fourth-order valence-corrected chi connectivity index (χ4v) is 3.06. The van der Waals surface area contributed by atoms with Gasteiger partial charge in [0.15, 0.2) is 5.76 Å². The monoisotopic (exact) mass is 387 g/mol. The van der Waals surface area contributed by atoms with Crippen molar-refractivity contribution in [2.75, 3.05) is 7.11 Å². The van der Waals surface area contributed by atoms with Crippen molar-refractivity contribution in [2.24, 2.45) is 0 Å². The van der Waals surface area contributed by atoms with Gasteiger partial charge in [0.25, 0.3) is 0 Å². The van der Waals surface area contributed by atoms with Crippen LogP contribution in [0.25, 0.3) is 6.08 Å². The highest BCUT2D eigenvalue weighted by atomic mass is 16.5. The molecule has 144 valence electrons. The van der Waals surface area contributed by atoms with E-state index < -0.39 is 5.97 Å². The summed E-state index contributed by atoms with van der Waals surface area (Å²) in [5.41, 5.74) is 2.05. The van der Waals surface area contributed by atoms with Crippen LogP contribution in [0.1, 0.15) is 31.8 Å². The van der Waals surface area contributed by atoms with Crippen LogP contribution in [0.15, 0.2) is 66.7 Å². The first-order valence-corrected chi connectivity index (χ1v) is 8.91. The predicted octanol–water partition coefficient (Wildman–Crippen LogP) is 4.23. The lowest BCUT2D eigenvalue weighted by Gasteiger charge is -2.11. The van der Waals surface area contributed by atoms with E-state index in [4.69, 9.17) is 14.2 Å². The smallest absolute Gasteiger partial charge is 0.347 e. The molecule has 0 saturated heterocycles. The van der Waals surface area contributed by atoms with Gasteiger partial charge < -0.3 is 14.2 Å². The Morgan fingerprint density at radius 1 is 1.07 bits per heavy atom. The Balaban J connectivity index is 1.63. The highest BCUT2D eigenvalue weighted by Crippen LogP contribution is 2.39. The largest absolute Gasteiger partial charge is 0.496 e. The number of benzene rings is 2. The molecule has 0 N–H and O–H groups in total. The first-order chi connectivity index (χ1) is 14.1. The number of ketones is 1. The van der Waals surface area contributed by atoms with Crippen LogP contribution in [-0.2, 0) is 0 Å². The highest BCUT2D eigenvalue weighted by Gasteiger charge is 2.30. The standard InChI is InChI=1S/C23H17NO5/c1-14-18(29-23(26)16-7-3-4-8-19(16)27-2)10-9-17-21(25)20(28-22(14)17)12-15-6-5-11-24-13-15/h3-13H,1-2H3/b20-12-. The van der Waals surface area contributed by atoms with E-state index in [-0.39, 0.29) is 11.5 Å². The predicted molar refractivity (Wildman–Crippen MR) is 106 cm³/mol. The number of hydrogen-bond acceptors (Lipinski definition) is 6. The molecule has 0 amide bonds. The number of aromatic nitrogens is 1. The molecule has 2 aromatic carbocycles. The molecule has 0 aliphatic carbocycles. The van der Waals surface area contributed by atoms with Crippen molar-refractivity contribution < 1.29 is 23.8 Å². The highest BCUT2D eigenvalue weighted by molar-refractivity contribution is 6.15. The van der Waals surface area contributed by atoms with Crippen LogP contribution in [-0.4, -0.2) is 23.8 Å². The zero-order valence-electron chi connectivity index (χ0n) is 15.8. The number of Topliss-reactive ketones (excluding diaryl/α,β-unsaturated/α-hetero) is 1. The summed E-state index contributed by atoms with van der Waals surface area (Å²) in [6.07, 6.45) is 4.93. The Morgan fingerprint density at radius 3 is 2.66 bits per heavy atom. The van der Waals surface area contributed by atoms with Gasteiger partial charge in [-0.2, -0.15) is 0 Å². The van der Waals surface area contributed by atoms with Crippen molar-refractivity contribution in [3.8, 4) is 17.2 Å². The topological polar surface area (TPSA) is 74.7 Å². The second kappa shape index (κ2) is 7.59. The van der Waals surface area contributed by atoms with Crippen LogP contribution >= 0.6 is 0 Å². The third kappa shape index (κ3) is 3.48. The molecule has 1 aliphatic heterocycles. The lowest BCUT2D eigenvalue weighted by atomic mass is 10.1. The maximum Gasteiger partial charge on any atom is 0.347 e. The number of nitrogens with zero attached hydrogens (tertiary/aromatic N) is 1. The van der Waals surface area contributed by atoms with E-state index in [9.17, 15) is 9.59 Å². The van der Waals surface area contributed by atoms with E-state index in [0.29, 0.717) is 33.9 Å². The number of hydrogen-bond donors (Lipinski definition) is 0. The molecule has 1 aromatic heterocycles. The SMILES string of the molecule is COc1ccccc1C(=O)Oc1ccc2c(c1C)O/C(=C\c1cccnc1)C2=O. The van der Waals surface area contributed by atoms with Crippen molar-refractivity contribution in [3.63, 3.8) is 0 Å². The van der Waals surface area contributed by atoms with Gasteiger partial charge in [0, 0.05) is 18.0 Å². The zero-order valence-corrected chi connectivity index (χ0v) is 15.8. The van der Waals surface area contributed by atoms with Gasteiger partial charge in [0.2, 0.25) is 5.78 Å². The second-order valence-corrected chi connectivity index (χ2v) is 6.38. The number of carbonyl (C=O) groups is 2. The Kier molecular flexibility index (Phi) is 4.83. The van der Waals surface area contributed by atoms with E-state index in [0.717, 1.165) is 5.56 Å². The molecule has 0 radical (unpaired) electrons. The molecule has 0 unspecified atom stereocenters. The third-order valence-corrected chi connectivity index (χ3v) is 4.55. The van der Waals surface area contributed by atoms with E-state index >= 15 is 0 Å². The molecule has 0 atom stereocenters. The summed E-state index contributed by atoms with van der Waals surface area (Å²) in [7, 11) is 1.49. The van der Waals surface area contributed by atoms with Crippen LogP contribution < -0.4 is 14.2 Å². The first-order valence-electron chi connectivity index (χ1n) is 8.91. The summed E-state index contributed by atoms with van der Waals surface area (Å²) in [5, 5.41) is 0. The summed E-state index contributed by atoms with van der Waals surface area (Å²) in [5.74, 6) is 0.537. The molecule has 0 fully saturated rings. The van der Waals surface area contributed by atoms with Gasteiger partial charge in [-0.1, -0.05) is 18.2 Å². The minimum absolute atomic E-state index is 0.198. The van der Waals surface area contributed by atoms with Crippen molar-refractivity contribution in [3.05, 3.63) is 88.9 Å². The number of pyridine rings is 1. The Hall–Kier alpha value is -3.93. The number of allylic oxidation sites excluding steroid dienone is 1. The van der Waals surface area contributed by atoms with Crippen LogP contribution in [0.3, 0.4) is 0 Å². The zero-order chi connectivity index (χ0) is 20.4. The van der Waals surface area contributed by atoms with Crippen molar-refractivity contribution >= 4 is 17.8 Å². The number of para-hydroxylation sites is 1. The molecule has 6 nitrogen and oxygen atoms in total. The molecule has 0 saturated carbocycles. The van der Waals surface area contributed by atoms with Crippen LogP contribution in [0.4, 0.5) is 0 Å². The average Bonchev–Trinajstić information content (AvgIpc) is 3.07. The van der Waals surface area contributed by atoms with Gasteiger partial charge in [0.1, 0.15) is 22.8 Å². The van der Waals surface area contributed by atoms with Gasteiger partial charge >= 0.3 is 5.97 Å². The number of carbonyl (C=O) groups excluding carboxylic acids is 2. The quantitative estimate of drug-likeness (QED) is 0.379. The van der Waals surface area contributed by atoms with Crippen molar-refractivity contribution in [1.82, 2.24) is 4.98 Å². The van der Waals surface area contributed by atoms with Gasteiger partial charge in [-0.3, -0.25) is 9.78 Å². The number of fused-ring (bicyclic) bond motifs is 1. The van der Waals surface area contributed by atoms with Crippen molar-refractivity contribution in [1.29, 1.82) is 0 Å². The number of methoxy groups -OCH3 is 1. The third-order valence-electron chi connectivity index (χ3n) is 4.55. The van der Waals surface area contributed by atoms with Crippen LogP contribution in [0.5, 0.6) is 17.2 Å². The Morgan fingerprint density at radius 2 is 1.90 bits per heavy atom. The minimum Gasteiger partial charge on any atom is -0.496 e. The number of rotatable bonds is 4. The van der Waals surface area contributed by atoms with Crippen LogP contribution in [0.2, 0.25) is 0 Å². The van der Waals surface area contributed by atoms with Gasteiger partial charge in [-0.25, -0.2) is 4.79 Å². The van der Waals surface area contributed by atoms with E-state index in [2.05, 4.69) is 4.98 Å². The fraction of sp³-hybridized carbons (Fsp3) is 0.0870. The average molecular weight is 387 g/mol. The maximum atomic E-state index is 12.7. The van der Waals surface area contributed by atoms with Gasteiger partial charge in [-0.15, -0.1) is 0 Å². The molecule has 4 rings (SSSR count). The normalized spacial score (nSPS) is 13.7. The van der Waals surface area contributed by atoms with Crippen LogP contribution in [0, 0.1) is 6.92 Å². The first kappa shape index (κ1) is 18.4. The molecule has 2 heterocycles. The molecule has 0 bridgehead atoms.